The molecule has 0 radical (unpaired) electrons. The number of ether oxygens (including phenoxy) is 1. The number of methoxy groups -OCH3 is 1. The fourth-order valence-electron chi connectivity index (χ4n) is 0.529. The maximum Gasteiger partial charge on any atom is 1.00 e. The topological polar surface area (TPSA) is 83.7 Å². The number of nitrogens with zero attached hydrogens (tertiary/aromatic N) is 4. The molecule has 0 saturated heterocycles. The summed E-state index contributed by atoms with van der Waals surface area (Å²) in [5.74, 6) is 0.0642. The minimum atomic E-state index is -0.0281. The molecule has 0 aliphatic heterocycles. The van der Waals surface area contributed by atoms with E-state index in [1.165, 1.54) is 7.11 Å². The molecule has 1 aromatic heterocycles. The number of nitrogens with one attached hydrogen (secondary N) is 1. The van der Waals surface area contributed by atoms with Crippen molar-refractivity contribution in [3.05, 3.63) is 5.28 Å². The van der Waals surface area contributed by atoms with E-state index in [1.807, 2.05) is 0 Å². The van der Waals surface area contributed by atoms with Gasteiger partial charge in [-0.3, -0.25) is 5.32 Å². The van der Waals surface area contributed by atoms with E-state index < -0.39 is 0 Å². The Hall–Kier alpha value is -0.610. The third-order valence-electron chi connectivity index (χ3n) is 0.938. The molecule has 13 heavy (non-hydrogen) atoms. The van der Waals surface area contributed by atoms with Crippen molar-refractivity contribution in [3.63, 3.8) is 0 Å². The number of hydrogen-bond acceptors (Lipinski definition) is 6. The first-order valence-corrected chi connectivity index (χ1v) is 3.24. The molecule has 0 unspecified atom stereocenters. The van der Waals surface area contributed by atoms with Crippen LogP contribution in [0.4, 0.5) is 5.95 Å². The molecule has 1 N–H and O–H groups in total. The monoisotopic (exact) mass is 209 g/mol. The first-order valence-electron chi connectivity index (χ1n) is 2.87. The Bertz CT molecular complexity index is 332. The second-order valence-corrected chi connectivity index (χ2v) is 1.99. The Morgan fingerprint density at radius 2 is 2.23 bits per heavy atom. The van der Waals surface area contributed by atoms with Crippen molar-refractivity contribution in [1.82, 2.24) is 15.0 Å². The zero-order valence-corrected chi connectivity index (χ0v) is 9.83. The Kier molecular flexibility index (Phi) is 5.66. The molecule has 0 fully saturated rings. The molecule has 0 saturated carbocycles. The molecule has 0 aliphatic carbocycles. The number of hydrogen-bond donors (Lipinski definition) is 1. The van der Waals surface area contributed by atoms with Gasteiger partial charge in [-0.15, -0.1) is 0 Å². The summed E-state index contributed by atoms with van der Waals surface area (Å²) in [5.41, 5.74) is 0. The summed E-state index contributed by atoms with van der Waals surface area (Å²) in [5, 5.41) is 10.4. The summed E-state index contributed by atoms with van der Waals surface area (Å²) in [6.07, 6.45) is 1.65. The number of aromatic nitrogens is 3. The maximum atomic E-state index is 8.23. The summed E-state index contributed by atoms with van der Waals surface area (Å²) in [6, 6.07) is 0.0627. The zero-order valence-electron chi connectivity index (χ0n) is 8.08. The quantitative estimate of drug-likeness (QED) is 0.331. The summed E-state index contributed by atoms with van der Waals surface area (Å²) >= 11 is 5.47. The smallest absolute Gasteiger partial charge is 1.00 e. The third kappa shape index (κ3) is 3.74. The van der Waals surface area contributed by atoms with Gasteiger partial charge < -0.3 is 6.16 Å². The van der Waals surface area contributed by atoms with Crippen molar-refractivity contribution < 1.29 is 35.7 Å². The second kappa shape index (κ2) is 5.94. The van der Waals surface area contributed by atoms with Crippen LogP contribution in [0.1, 0.15) is 1.43 Å². The van der Waals surface area contributed by atoms with Gasteiger partial charge in [0.2, 0.25) is 11.2 Å². The predicted octanol–water partition coefficient (Wildman–Crippen LogP) is -2.46. The molecule has 1 rings (SSSR count). The van der Waals surface area contributed by atoms with E-state index in [-0.39, 0.29) is 48.2 Å². The van der Waals surface area contributed by atoms with Crippen LogP contribution in [0.25, 0.3) is 0 Å². The van der Waals surface area contributed by atoms with E-state index in [2.05, 4.69) is 25.0 Å². The van der Waals surface area contributed by atoms with Crippen molar-refractivity contribution in [3.8, 4) is 12.2 Å². The van der Waals surface area contributed by atoms with E-state index in [9.17, 15) is 0 Å². The van der Waals surface area contributed by atoms with Crippen LogP contribution < -0.4 is 39.6 Å². The van der Waals surface area contributed by atoms with Gasteiger partial charge in [-0.25, -0.2) is 0 Å². The number of nitriles is 1. The Balaban J connectivity index is 0. The molecule has 8 heteroatoms. The van der Waals surface area contributed by atoms with Gasteiger partial charge in [-0.1, -0.05) is 0 Å². The molecule has 0 aromatic carbocycles. The average molecular weight is 210 g/mol. The zero-order chi connectivity index (χ0) is 8.97. The standard InChI is InChI=1S/C5H4ClN5O.Na.H/c1-12-5-10-3(6)9-4(11-5)8-2-7;;/h1H3,(H,8,9,10,11);;/q;+1;-1. The van der Waals surface area contributed by atoms with Gasteiger partial charge in [0.05, 0.1) is 7.11 Å². The van der Waals surface area contributed by atoms with Gasteiger partial charge in [0, 0.05) is 0 Å². The molecule has 1 aromatic rings. The van der Waals surface area contributed by atoms with Crippen molar-refractivity contribution in [1.29, 1.82) is 5.26 Å². The van der Waals surface area contributed by atoms with Crippen LogP contribution in [0.2, 0.25) is 5.28 Å². The molecule has 0 atom stereocenters. The number of halogens is 1. The molecule has 6 nitrogen and oxygen atoms in total. The van der Waals surface area contributed by atoms with Gasteiger partial charge in [-0.05, 0) is 11.6 Å². The van der Waals surface area contributed by atoms with E-state index in [0.717, 1.165) is 0 Å². The molecule has 0 spiro atoms. The van der Waals surface area contributed by atoms with Crippen LogP contribution in [-0.2, 0) is 0 Å². The van der Waals surface area contributed by atoms with Crippen LogP contribution in [-0.4, -0.2) is 22.1 Å². The van der Waals surface area contributed by atoms with Crippen molar-refractivity contribution in [2.45, 2.75) is 0 Å². The van der Waals surface area contributed by atoms with Gasteiger partial charge in [0.15, 0.2) is 6.19 Å². The summed E-state index contributed by atoms with van der Waals surface area (Å²) < 4.78 is 4.69. The molecule has 0 aliphatic rings. The first-order chi connectivity index (χ1) is 5.76. The summed E-state index contributed by atoms with van der Waals surface area (Å²) in [6.45, 7) is 0. The number of rotatable bonds is 2. The van der Waals surface area contributed by atoms with Gasteiger partial charge in [0.25, 0.3) is 0 Å². The maximum absolute atomic E-state index is 8.23. The Morgan fingerprint density at radius 1 is 1.54 bits per heavy atom. The van der Waals surface area contributed by atoms with Gasteiger partial charge in [0.1, 0.15) is 0 Å². The largest absolute Gasteiger partial charge is 1.00 e. The van der Waals surface area contributed by atoms with Crippen LogP contribution >= 0.6 is 11.6 Å². The van der Waals surface area contributed by atoms with Gasteiger partial charge >= 0.3 is 35.6 Å². The van der Waals surface area contributed by atoms with E-state index in [1.54, 1.807) is 6.19 Å². The second-order valence-electron chi connectivity index (χ2n) is 1.65. The summed E-state index contributed by atoms with van der Waals surface area (Å²) in [7, 11) is 1.39. The first kappa shape index (κ1) is 12.4. The van der Waals surface area contributed by atoms with E-state index >= 15 is 0 Å². The van der Waals surface area contributed by atoms with Crippen LogP contribution in [0.3, 0.4) is 0 Å². The minimum absolute atomic E-state index is 0. The predicted molar refractivity (Wildman–Crippen MR) is 41.7 cm³/mol. The molecule has 0 amide bonds. The third-order valence-corrected chi connectivity index (χ3v) is 1.11. The number of anilines is 1. The molecule has 64 valence electrons. The van der Waals surface area contributed by atoms with Crippen LogP contribution in [0, 0.1) is 11.5 Å². The Morgan fingerprint density at radius 3 is 2.77 bits per heavy atom. The van der Waals surface area contributed by atoms with E-state index in [0.29, 0.717) is 0 Å². The fourth-order valence-corrected chi connectivity index (χ4v) is 0.681. The normalized spacial score (nSPS) is 8.08. The van der Waals surface area contributed by atoms with Gasteiger partial charge in [-0.2, -0.15) is 20.2 Å². The Labute approximate surface area is 103 Å². The van der Waals surface area contributed by atoms with Crippen LogP contribution in [0.5, 0.6) is 6.01 Å². The van der Waals surface area contributed by atoms with Crippen LogP contribution in [0.15, 0.2) is 0 Å². The SMILES string of the molecule is COc1nc(Cl)nc(NC#N)n1.[H-].[Na+]. The van der Waals surface area contributed by atoms with Crippen molar-refractivity contribution >= 4 is 17.5 Å². The minimum Gasteiger partial charge on any atom is -1.00 e. The molecule has 1 heterocycles. The summed E-state index contributed by atoms with van der Waals surface area (Å²) in [4.78, 5) is 10.9. The molecular weight excluding hydrogens is 205 g/mol. The fraction of sp³-hybridized carbons (Fsp3) is 0.200. The van der Waals surface area contributed by atoms with Crippen molar-refractivity contribution in [2.75, 3.05) is 12.4 Å². The molecular formula is C5H5ClN5NaO. The molecule has 0 bridgehead atoms. The average Bonchev–Trinajstić information content (AvgIpc) is 2.04. The van der Waals surface area contributed by atoms with E-state index in [4.69, 9.17) is 16.9 Å². The van der Waals surface area contributed by atoms with Crippen molar-refractivity contribution in [2.24, 2.45) is 0 Å².